The van der Waals surface area contributed by atoms with Gasteiger partial charge in [0, 0.05) is 13.6 Å². The van der Waals surface area contributed by atoms with Crippen LogP contribution in [0.2, 0.25) is 0 Å². The maximum Gasteiger partial charge on any atom is 0.336 e. The zero-order chi connectivity index (χ0) is 15.4. The molecule has 0 aromatic heterocycles. The molecule has 6 nitrogen and oxygen atoms in total. The first-order valence-electron chi connectivity index (χ1n) is 6.91. The molecule has 0 saturated carbocycles. The average Bonchev–Trinajstić information content (AvgIpc) is 2.53. The van der Waals surface area contributed by atoms with E-state index in [1.54, 1.807) is 12.1 Å². The Balaban J connectivity index is 2.33. The minimum absolute atomic E-state index is 0.0382. The number of carboxylic acid groups (broad SMARTS) is 1. The fourth-order valence-electron chi connectivity index (χ4n) is 2.62. The third kappa shape index (κ3) is 3.04. The van der Waals surface area contributed by atoms with E-state index in [0.717, 1.165) is 12.8 Å². The van der Waals surface area contributed by atoms with Gasteiger partial charge in [0.1, 0.15) is 6.04 Å². The lowest BCUT2D eigenvalue weighted by molar-refractivity contribution is -0.126. The zero-order valence-corrected chi connectivity index (χ0v) is 11.8. The summed E-state index contributed by atoms with van der Waals surface area (Å²) in [5.41, 5.74) is 0.0875. The van der Waals surface area contributed by atoms with Crippen molar-refractivity contribution in [3.8, 4) is 0 Å². The van der Waals surface area contributed by atoms with Crippen LogP contribution in [0.1, 0.15) is 40.0 Å². The van der Waals surface area contributed by atoms with E-state index in [0.29, 0.717) is 13.0 Å². The van der Waals surface area contributed by atoms with Crippen LogP contribution in [0.3, 0.4) is 0 Å². The van der Waals surface area contributed by atoms with Crippen LogP contribution in [0.15, 0.2) is 24.3 Å². The summed E-state index contributed by atoms with van der Waals surface area (Å²) in [7, 11) is 1.53. The Bertz CT molecular complexity index is 571. The van der Waals surface area contributed by atoms with Crippen LogP contribution < -0.4 is 5.32 Å². The lowest BCUT2D eigenvalue weighted by atomic mass is 9.98. The topological polar surface area (TPSA) is 86.7 Å². The monoisotopic (exact) mass is 290 g/mol. The number of aromatic carboxylic acids is 1. The molecule has 1 unspecified atom stereocenters. The van der Waals surface area contributed by atoms with E-state index in [9.17, 15) is 19.5 Å². The average molecular weight is 290 g/mol. The molecule has 1 fully saturated rings. The van der Waals surface area contributed by atoms with Crippen molar-refractivity contribution in [2.45, 2.75) is 25.3 Å². The first kappa shape index (κ1) is 15.0. The van der Waals surface area contributed by atoms with Crippen LogP contribution in [0, 0.1) is 0 Å². The molecule has 1 aliphatic rings. The molecule has 1 aromatic carbocycles. The summed E-state index contributed by atoms with van der Waals surface area (Å²) in [6.07, 6.45) is 2.29. The summed E-state index contributed by atoms with van der Waals surface area (Å²) < 4.78 is 0. The molecule has 2 amide bonds. The standard InChI is InChI=1S/C15H18N2O4/c1-16-13(18)12-8-4-5-9-17(12)14(19)10-6-2-3-7-11(10)15(20)21/h2-3,6-7,12H,4-5,8-9H2,1H3,(H,16,18)(H,20,21). The molecule has 0 bridgehead atoms. The first-order valence-corrected chi connectivity index (χ1v) is 6.91. The van der Waals surface area contributed by atoms with Crippen LogP contribution in [-0.2, 0) is 4.79 Å². The molecule has 1 heterocycles. The lowest BCUT2D eigenvalue weighted by Crippen LogP contribution is -2.51. The second-order valence-corrected chi connectivity index (χ2v) is 4.98. The normalized spacial score (nSPS) is 18.1. The molecular weight excluding hydrogens is 272 g/mol. The van der Waals surface area contributed by atoms with Gasteiger partial charge >= 0.3 is 5.97 Å². The molecule has 0 aliphatic carbocycles. The predicted octanol–water partition coefficient (Wildman–Crippen LogP) is 1.13. The van der Waals surface area contributed by atoms with Crippen LogP contribution in [0.25, 0.3) is 0 Å². The van der Waals surface area contributed by atoms with Crippen LogP contribution in [0.4, 0.5) is 0 Å². The number of benzene rings is 1. The van der Waals surface area contributed by atoms with Crippen molar-refractivity contribution in [1.29, 1.82) is 0 Å². The van der Waals surface area contributed by atoms with Crippen molar-refractivity contribution in [1.82, 2.24) is 10.2 Å². The number of piperidine rings is 1. The predicted molar refractivity (Wildman–Crippen MR) is 76.1 cm³/mol. The van der Waals surface area contributed by atoms with Gasteiger partial charge in [0.15, 0.2) is 0 Å². The molecule has 1 aromatic rings. The summed E-state index contributed by atoms with van der Waals surface area (Å²) in [6, 6.07) is 5.55. The van der Waals surface area contributed by atoms with Gasteiger partial charge in [-0.3, -0.25) is 9.59 Å². The van der Waals surface area contributed by atoms with E-state index in [2.05, 4.69) is 5.32 Å². The third-order valence-electron chi connectivity index (χ3n) is 3.70. The van der Waals surface area contributed by atoms with Crippen LogP contribution in [0.5, 0.6) is 0 Å². The third-order valence-corrected chi connectivity index (χ3v) is 3.70. The Morgan fingerprint density at radius 2 is 1.86 bits per heavy atom. The Labute approximate surface area is 122 Å². The summed E-state index contributed by atoms with van der Waals surface area (Å²) in [4.78, 5) is 37.3. The molecule has 0 spiro atoms. The number of nitrogens with zero attached hydrogens (tertiary/aromatic N) is 1. The van der Waals surface area contributed by atoms with Crippen molar-refractivity contribution in [2.75, 3.05) is 13.6 Å². The van der Waals surface area contributed by atoms with Gasteiger partial charge in [0.05, 0.1) is 11.1 Å². The largest absolute Gasteiger partial charge is 0.478 e. The quantitative estimate of drug-likeness (QED) is 0.873. The number of carbonyl (C=O) groups excluding carboxylic acids is 2. The van der Waals surface area contributed by atoms with Gasteiger partial charge in [0.25, 0.3) is 5.91 Å². The second kappa shape index (κ2) is 6.39. The number of likely N-dealkylation sites (N-methyl/N-ethyl adjacent to an activating group) is 1. The highest BCUT2D eigenvalue weighted by atomic mass is 16.4. The lowest BCUT2D eigenvalue weighted by Gasteiger charge is -2.34. The van der Waals surface area contributed by atoms with E-state index < -0.39 is 17.9 Å². The number of hydrogen-bond donors (Lipinski definition) is 2. The molecule has 1 saturated heterocycles. The fourth-order valence-corrected chi connectivity index (χ4v) is 2.62. The minimum atomic E-state index is -1.15. The molecule has 112 valence electrons. The fraction of sp³-hybridized carbons (Fsp3) is 0.400. The van der Waals surface area contributed by atoms with Gasteiger partial charge in [-0.1, -0.05) is 12.1 Å². The van der Waals surface area contributed by atoms with Crippen molar-refractivity contribution < 1.29 is 19.5 Å². The van der Waals surface area contributed by atoms with E-state index in [1.807, 2.05) is 0 Å². The molecule has 2 rings (SSSR count). The van der Waals surface area contributed by atoms with Gasteiger partial charge in [-0.25, -0.2) is 4.79 Å². The SMILES string of the molecule is CNC(=O)C1CCCCN1C(=O)c1ccccc1C(=O)O. The Kier molecular flexibility index (Phi) is 4.57. The Morgan fingerprint density at radius 1 is 1.19 bits per heavy atom. The Hall–Kier alpha value is -2.37. The van der Waals surface area contributed by atoms with Gasteiger partial charge in [-0.2, -0.15) is 0 Å². The van der Waals surface area contributed by atoms with Crippen LogP contribution >= 0.6 is 0 Å². The van der Waals surface area contributed by atoms with E-state index in [4.69, 9.17) is 0 Å². The second-order valence-electron chi connectivity index (χ2n) is 4.98. The highest BCUT2D eigenvalue weighted by molar-refractivity contribution is 6.06. The molecule has 1 atom stereocenters. The Morgan fingerprint density at radius 3 is 2.48 bits per heavy atom. The number of hydrogen-bond acceptors (Lipinski definition) is 3. The summed E-state index contributed by atoms with van der Waals surface area (Å²) in [6.45, 7) is 0.463. The van der Waals surface area contributed by atoms with Crippen molar-refractivity contribution in [3.63, 3.8) is 0 Å². The first-order chi connectivity index (χ1) is 10.1. The van der Waals surface area contributed by atoms with E-state index in [1.165, 1.54) is 24.1 Å². The zero-order valence-electron chi connectivity index (χ0n) is 11.8. The van der Waals surface area contributed by atoms with Gasteiger partial charge in [-0.15, -0.1) is 0 Å². The number of carboxylic acids is 1. The number of rotatable bonds is 3. The molecular formula is C15H18N2O4. The van der Waals surface area contributed by atoms with E-state index >= 15 is 0 Å². The molecule has 6 heteroatoms. The summed E-state index contributed by atoms with van der Waals surface area (Å²) in [5, 5.41) is 11.7. The number of amides is 2. The highest BCUT2D eigenvalue weighted by Crippen LogP contribution is 2.21. The number of likely N-dealkylation sites (tertiary alicyclic amines) is 1. The molecule has 2 N–H and O–H groups in total. The van der Waals surface area contributed by atoms with Gasteiger partial charge < -0.3 is 15.3 Å². The van der Waals surface area contributed by atoms with Gasteiger partial charge in [-0.05, 0) is 31.4 Å². The van der Waals surface area contributed by atoms with Crippen molar-refractivity contribution in [3.05, 3.63) is 35.4 Å². The number of nitrogens with one attached hydrogen (secondary N) is 1. The van der Waals surface area contributed by atoms with Gasteiger partial charge in [0.2, 0.25) is 5.91 Å². The smallest absolute Gasteiger partial charge is 0.336 e. The van der Waals surface area contributed by atoms with Crippen LogP contribution in [-0.4, -0.2) is 47.4 Å². The maximum absolute atomic E-state index is 12.6. The molecule has 1 aliphatic heterocycles. The number of carbonyl (C=O) groups is 3. The van der Waals surface area contributed by atoms with Crippen molar-refractivity contribution in [2.24, 2.45) is 0 Å². The van der Waals surface area contributed by atoms with Crippen molar-refractivity contribution >= 4 is 17.8 Å². The molecule has 0 radical (unpaired) electrons. The maximum atomic E-state index is 12.6. The summed E-state index contributed by atoms with van der Waals surface area (Å²) >= 11 is 0. The highest BCUT2D eigenvalue weighted by Gasteiger charge is 2.33. The minimum Gasteiger partial charge on any atom is -0.478 e. The summed E-state index contributed by atoms with van der Waals surface area (Å²) in [5.74, 6) is -1.76. The molecule has 21 heavy (non-hydrogen) atoms. The van der Waals surface area contributed by atoms with E-state index in [-0.39, 0.29) is 17.0 Å².